The van der Waals surface area contributed by atoms with Gasteiger partial charge in [-0.15, -0.1) is 16.4 Å². The van der Waals surface area contributed by atoms with Crippen molar-refractivity contribution in [1.29, 1.82) is 0 Å². The van der Waals surface area contributed by atoms with Gasteiger partial charge in [-0.25, -0.2) is 14.5 Å². The number of rotatable bonds is 7. The lowest BCUT2D eigenvalue weighted by molar-refractivity contribution is 0.0304. The zero-order chi connectivity index (χ0) is 24.2. The largest absolute Gasteiger partial charge is 0.496 e. The van der Waals surface area contributed by atoms with Gasteiger partial charge < -0.3 is 28.3 Å². The van der Waals surface area contributed by atoms with E-state index < -0.39 is 0 Å². The van der Waals surface area contributed by atoms with Gasteiger partial charge in [-0.2, -0.15) is 0 Å². The van der Waals surface area contributed by atoms with Crippen LogP contribution < -0.4 is 19.1 Å². The number of benzene rings is 1. The summed E-state index contributed by atoms with van der Waals surface area (Å²) in [4.78, 5) is 12.5. The van der Waals surface area contributed by atoms with Crippen LogP contribution in [0.3, 0.4) is 0 Å². The first-order chi connectivity index (χ1) is 17.6. The van der Waals surface area contributed by atoms with Gasteiger partial charge in [0.05, 0.1) is 43.7 Å². The smallest absolute Gasteiger partial charge is 0.294 e. The van der Waals surface area contributed by atoms with Gasteiger partial charge >= 0.3 is 0 Å². The van der Waals surface area contributed by atoms with Crippen LogP contribution >= 0.6 is 22.7 Å². The third-order valence-electron chi connectivity index (χ3n) is 6.49. The van der Waals surface area contributed by atoms with Gasteiger partial charge in [0, 0.05) is 30.6 Å². The molecule has 186 valence electrons. The molecule has 2 aliphatic rings. The molecule has 2 atom stereocenters. The zero-order valence-electron chi connectivity index (χ0n) is 19.7. The van der Waals surface area contributed by atoms with Crippen LogP contribution in [0.1, 0.15) is 18.5 Å². The average molecular weight is 526 g/mol. The number of hydrogen-bond donors (Lipinski definition) is 0. The van der Waals surface area contributed by atoms with E-state index >= 15 is 0 Å². The summed E-state index contributed by atoms with van der Waals surface area (Å²) in [6, 6.07) is 5.65. The Labute approximate surface area is 214 Å². The van der Waals surface area contributed by atoms with Crippen LogP contribution in [0, 0.1) is 0 Å². The normalized spacial score (nSPS) is 19.4. The van der Waals surface area contributed by atoms with E-state index in [4.69, 9.17) is 28.3 Å². The molecular formula is C24H23N5O5S2. The molecule has 0 aliphatic carbocycles. The molecule has 0 N–H and O–H groups in total. The fraction of sp³-hybridized carbons (Fsp3) is 0.375. The number of fused-ring (bicyclic) bond motifs is 4. The van der Waals surface area contributed by atoms with Crippen LogP contribution in [-0.4, -0.2) is 59.1 Å². The van der Waals surface area contributed by atoms with Crippen molar-refractivity contribution in [2.45, 2.75) is 31.7 Å². The lowest BCUT2D eigenvalue weighted by Crippen LogP contribution is -2.42. The number of aromatic nitrogens is 4. The Kier molecular flexibility index (Phi) is 5.26. The molecule has 0 spiro atoms. The summed E-state index contributed by atoms with van der Waals surface area (Å²) < 4.78 is 30.7. The predicted octanol–water partition coefficient (Wildman–Crippen LogP) is 4.62. The number of thiazole rings is 1. The van der Waals surface area contributed by atoms with Crippen molar-refractivity contribution in [1.82, 2.24) is 19.6 Å². The molecule has 7 rings (SSSR count). The van der Waals surface area contributed by atoms with Crippen LogP contribution in [0.15, 0.2) is 34.2 Å². The van der Waals surface area contributed by atoms with Crippen LogP contribution in [0.25, 0.3) is 27.4 Å². The average Bonchev–Trinajstić information content (AvgIpc) is 3.70. The number of furan rings is 1. The van der Waals surface area contributed by atoms with E-state index in [9.17, 15) is 0 Å². The Morgan fingerprint density at radius 2 is 1.94 bits per heavy atom. The molecule has 0 saturated carbocycles. The number of hydrogen-bond acceptors (Lipinski definition) is 11. The van der Waals surface area contributed by atoms with Crippen LogP contribution in [0.5, 0.6) is 16.7 Å². The van der Waals surface area contributed by atoms with Gasteiger partial charge in [0.15, 0.2) is 10.9 Å². The van der Waals surface area contributed by atoms with E-state index in [1.54, 1.807) is 30.1 Å². The molecule has 4 aromatic heterocycles. The molecule has 0 amide bonds. The standard InChI is InChI=1S/C24H23N5O5S2/c1-30-16-5-19(32-11-13-12-35-22(25-13)28-8-14-3-4-15(9-28)33-14)17-7-21(34-20(17)6-16)18-10-29-23(26-18)36-24(27-29)31-2/h5-7,10,12,14-15H,3-4,8-9,11H2,1-2H3. The molecule has 2 saturated heterocycles. The molecule has 1 aromatic carbocycles. The molecular weight excluding hydrogens is 502 g/mol. The lowest BCUT2D eigenvalue weighted by Gasteiger charge is -2.31. The Bertz CT molecular complexity index is 1510. The zero-order valence-corrected chi connectivity index (χ0v) is 21.3. The molecule has 5 aromatic rings. The maximum Gasteiger partial charge on any atom is 0.294 e. The minimum atomic E-state index is 0.330. The monoisotopic (exact) mass is 525 g/mol. The summed E-state index contributed by atoms with van der Waals surface area (Å²) in [5.41, 5.74) is 2.23. The van der Waals surface area contributed by atoms with E-state index in [1.807, 2.05) is 24.4 Å². The fourth-order valence-corrected chi connectivity index (χ4v) is 6.29. The third-order valence-corrected chi connectivity index (χ3v) is 8.32. The number of anilines is 1. The highest BCUT2D eigenvalue weighted by Crippen LogP contribution is 2.38. The number of ether oxygens (including phenoxy) is 4. The molecule has 2 bridgehead atoms. The molecule has 12 heteroatoms. The number of imidazole rings is 1. The summed E-state index contributed by atoms with van der Waals surface area (Å²) >= 11 is 3.02. The van der Waals surface area contributed by atoms with Crippen molar-refractivity contribution >= 4 is 43.7 Å². The molecule has 2 unspecified atom stereocenters. The number of morpholine rings is 1. The Hall–Kier alpha value is -3.35. The minimum absolute atomic E-state index is 0.330. The van der Waals surface area contributed by atoms with Gasteiger partial charge in [0.1, 0.15) is 29.4 Å². The first kappa shape index (κ1) is 21.9. The molecule has 10 nitrogen and oxygen atoms in total. The van der Waals surface area contributed by atoms with Gasteiger partial charge in [-0.1, -0.05) is 0 Å². The Morgan fingerprint density at radius 1 is 1.08 bits per heavy atom. The number of methoxy groups -OCH3 is 2. The number of nitrogens with zero attached hydrogens (tertiary/aromatic N) is 5. The second-order valence-corrected chi connectivity index (χ2v) is 10.6. The van der Waals surface area contributed by atoms with E-state index in [-0.39, 0.29) is 0 Å². The molecule has 36 heavy (non-hydrogen) atoms. The lowest BCUT2D eigenvalue weighted by atomic mass is 10.2. The predicted molar refractivity (Wildman–Crippen MR) is 136 cm³/mol. The molecule has 2 aliphatic heterocycles. The van der Waals surface area contributed by atoms with Crippen molar-refractivity contribution in [3.63, 3.8) is 0 Å². The van der Waals surface area contributed by atoms with Crippen molar-refractivity contribution < 1.29 is 23.4 Å². The molecule has 6 heterocycles. The Morgan fingerprint density at radius 3 is 2.72 bits per heavy atom. The first-order valence-corrected chi connectivity index (χ1v) is 13.3. The van der Waals surface area contributed by atoms with Crippen LogP contribution in [0.4, 0.5) is 5.13 Å². The van der Waals surface area contributed by atoms with Gasteiger partial charge in [0.2, 0.25) is 4.96 Å². The quantitative estimate of drug-likeness (QED) is 0.301. The summed E-state index contributed by atoms with van der Waals surface area (Å²) in [6.45, 7) is 2.17. The summed E-state index contributed by atoms with van der Waals surface area (Å²) in [5, 5.41) is 8.82. The third kappa shape index (κ3) is 3.85. The van der Waals surface area contributed by atoms with Crippen molar-refractivity contribution in [2.75, 3.05) is 32.2 Å². The van der Waals surface area contributed by atoms with E-state index in [0.29, 0.717) is 52.5 Å². The summed E-state index contributed by atoms with van der Waals surface area (Å²) in [6.07, 6.45) is 4.76. The highest BCUT2D eigenvalue weighted by molar-refractivity contribution is 7.18. The topological polar surface area (TPSA) is 96.4 Å². The second-order valence-electron chi connectivity index (χ2n) is 8.85. The van der Waals surface area contributed by atoms with E-state index in [2.05, 4.69) is 20.4 Å². The fourth-order valence-electron chi connectivity index (χ4n) is 4.76. The highest BCUT2D eigenvalue weighted by atomic mass is 32.1. The van der Waals surface area contributed by atoms with Crippen molar-refractivity contribution in [2.24, 2.45) is 0 Å². The molecule has 0 radical (unpaired) electrons. The SMILES string of the molecule is COc1cc(OCc2csc(N3CC4CCC(C3)O4)n2)c2cc(-c3cn4nc(OC)sc4n3)oc2c1. The van der Waals surface area contributed by atoms with Gasteiger partial charge in [0.25, 0.3) is 5.19 Å². The van der Waals surface area contributed by atoms with Crippen LogP contribution in [0.2, 0.25) is 0 Å². The van der Waals surface area contributed by atoms with Crippen molar-refractivity contribution in [3.05, 3.63) is 35.5 Å². The van der Waals surface area contributed by atoms with Gasteiger partial charge in [-0.05, 0) is 30.2 Å². The van der Waals surface area contributed by atoms with E-state index in [0.717, 1.165) is 47.1 Å². The summed E-state index contributed by atoms with van der Waals surface area (Å²) in [7, 11) is 3.21. The van der Waals surface area contributed by atoms with E-state index in [1.165, 1.54) is 11.3 Å². The molecule has 2 fully saturated rings. The second kappa shape index (κ2) is 8.64. The Balaban J connectivity index is 1.14. The maximum atomic E-state index is 6.24. The van der Waals surface area contributed by atoms with Crippen molar-refractivity contribution in [3.8, 4) is 28.1 Å². The maximum absolute atomic E-state index is 6.24. The summed E-state index contributed by atoms with van der Waals surface area (Å²) in [5.74, 6) is 1.94. The minimum Gasteiger partial charge on any atom is -0.496 e. The highest BCUT2D eigenvalue weighted by Gasteiger charge is 2.34. The van der Waals surface area contributed by atoms with Gasteiger partial charge in [-0.3, -0.25) is 0 Å². The van der Waals surface area contributed by atoms with Crippen LogP contribution in [-0.2, 0) is 11.3 Å². The first-order valence-electron chi connectivity index (χ1n) is 11.6.